The van der Waals surface area contributed by atoms with Crippen LogP contribution < -0.4 is 5.73 Å². The van der Waals surface area contributed by atoms with Gasteiger partial charge in [0.2, 0.25) is 0 Å². The number of carbonyl (C=O) groups is 1. The first kappa shape index (κ1) is 10.1. The highest BCUT2D eigenvalue weighted by Gasteiger charge is 2.36. The number of nitrogens with two attached hydrogens (primary N) is 1. The number of cyclic esters (lactones) is 1. The zero-order valence-electron chi connectivity index (χ0n) is 8.42. The van der Waals surface area contributed by atoms with Crippen molar-refractivity contribution in [2.75, 3.05) is 6.54 Å². The largest absolute Gasteiger partial charge is 0.454 e. The minimum atomic E-state index is -0.710. The molecule has 0 fully saturated rings. The minimum absolute atomic E-state index is 0.0448. The molecule has 2 N–H and O–H groups in total. The Bertz CT molecular complexity index is 419. The maximum atomic E-state index is 13.3. The first-order valence-electron chi connectivity index (χ1n) is 4.76. The lowest BCUT2D eigenvalue weighted by Crippen LogP contribution is -2.45. The molecule has 15 heavy (non-hydrogen) atoms. The molecular formula is C11H12FNO2. The fourth-order valence-corrected chi connectivity index (χ4v) is 1.77. The van der Waals surface area contributed by atoms with Crippen molar-refractivity contribution in [2.45, 2.75) is 18.9 Å². The summed E-state index contributed by atoms with van der Waals surface area (Å²) in [5.74, 6) is -1.15. The van der Waals surface area contributed by atoms with Gasteiger partial charge in [0.15, 0.2) is 0 Å². The average Bonchev–Trinajstić information content (AvgIpc) is 2.17. The van der Waals surface area contributed by atoms with E-state index in [1.54, 1.807) is 19.1 Å². The number of benzene rings is 1. The number of carbonyl (C=O) groups excluding carboxylic acids is 1. The first-order valence-corrected chi connectivity index (χ1v) is 4.76. The van der Waals surface area contributed by atoms with Crippen LogP contribution >= 0.6 is 0 Å². The fourth-order valence-electron chi connectivity index (χ4n) is 1.77. The Hall–Kier alpha value is -1.42. The van der Waals surface area contributed by atoms with Gasteiger partial charge < -0.3 is 10.5 Å². The van der Waals surface area contributed by atoms with Gasteiger partial charge in [-0.2, -0.15) is 0 Å². The number of hydrogen-bond acceptors (Lipinski definition) is 3. The average molecular weight is 209 g/mol. The van der Waals surface area contributed by atoms with Crippen LogP contribution in [0.15, 0.2) is 18.2 Å². The van der Waals surface area contributed by atoms with Gasteiger partial charge >= 0.3 is 5.97 Å². The quantitative estimate of drug-likeness (QED) is 0.708. The second kappa shape index (κ2) is 3.31. The van der Waals surface area contributed by atoms with Crippen molar-refractivity contribution < 1.29 is 13.9 Å². The summed E-state index contributed by atoms with van der Waals surface area (Å²) in [5, 5.41) is 0. The summed E-state index contributed by atoms with van der Waals surface area (Å²) in [6.07, 6.45) is 0.461. The number of ether oxygens (including phenoxy) is 1. The highest BCUT2D eigenvalue weighted by molar-refractivity contribution is 5.92. The molecule has 0 saturated heterocycles. The third-order valence-corrected chi connectivity index (χ3v) is 2.64. The van der Waals surface area contributed by atoms with E-state index in [1.807, 2.05) is 0 Å². The number of fused-ring (bicyclic) bond motifs is 1. The molecule has 3 nitrogen and oxygen atoms in total. The molecule has 1 heterocycles. The van der Waals surface area contributed by atoms with Gasteiger partial charge in [0, 0.05) is 13.0 Å². The Morgan fingerprint density at radius 2 is 2.33 bits per heavy atom. The summed E-state index contributed by atoms with van der Waals surface area (Å²) in [7, 11) is 0. The fraction of sp³-hybridized carbons (Fsp3) is 0.364. The first-order chi connectivity index (χ1) is 7.06. The van der Waals surface area contributed by atoms with Crippen molar-refractivity contribution >= 4 is 5.97 Å². The normalized spacial score (nSPS) is 24.6. The summed E-state index contributed by atoms with van der Waals surface area (Å²) in [5.41, 5.74) is 5.52. The molecule has 2 rings (SSSR count). The van der Waals surface area contributed by atoms with E-state index >= 15 is 0 Å². The maximum Gasteiger partial charge on any atom is 0.342 e. The summed E-state index contributed by atoms with van der Waals surface area (Å²) in [4.78, 5) is 11.6. The number of rotatable bonds is 1. The van der Waals surface area contributed by atoms with Crippen LogP contribution in [0.1, 0.15) is 22.8 Å². The van der Waals surface area contributed by atoms with Gasteiger partial charge in [0.05, 0.1) is 5.56 Å². The van der Waals surface area contributed by atoms with Crippen LogP contribution in [0.25, 0.3) is 0 Å². The van der Waals surface area contributed by atoms with Crippen LogP contribution in [0.5, 0.6) is 0 Å². The van der Waals surface area contributed by atoms with Crippen molar-refractivity contribution in [3.05, 3.63) is 35.1 Å². The maximum absolute atomic E-state index is 13.3. The van der Waals surface area contributed by atoms with E-state index in [0.717, 1.165) is 0 Å². The Morgan fingerprint density at radius 1 is 1.60 bits per heavy atom. The molecule has 1 aliphatic rings. The van der Waals surface area contributed by atoms with Crippen LogP contribution in [-0.2, 0) is 11.2 Å². The molecule has 1 unspecified atom stereocenters. The standard InChI is InChI=1S/C11H12FNO2/c1-11(6-13)5-7-3-2-4-8(12)9(7)10(14)15-11/h2-4H,5-6,13H2,1H3. The van der Waals surface area contributed by atoms with Crippen LogP contribution in [0.3, 0.4) is 0 Å². The van der Waals surface area contributed by atoms with E-state index in [4.69, 9.17) is 10.5 Å². The Labute approximate surface area is 87.0 Å². The topological polar surface area (TPSA) is 52.3 Å². The lowest BCUT2D eigenvalue weighted by atomic mass is 9.90. The summed E-state index contributed by atoms with van der Waals surface area (Å²) < 4.78 is 18.5. The van der Waals surface area contributed by atoms with Gasteiger partial charge in [-0.25, -0.2) is 9.18 Å². The second-order valence-corrected chi connectivity index (χ2v) is 3.99. The smallest absolute Gasteiger partial charge is 0.342 e. The molecule has 0 radical (unpaired) electrons. The molecular weight excluding hydrogens is 197 g/mol. The van der Waals surface area contributed by atoms with Crippen LogP contribution in [-0.4, -0.2) is 18.1 Å². The van der Waals surface area contributed by atoms with E-state index < -0.39 is 17.4 Å². The molecule has 0 amide bonds. The predicted molar refractivity (Wildman–Crippen MR) is 53.0 cm³/mol. The SMILES string of the molecule is CC1(CN)Cc2cccc(F)c2C(=O)O1. The van der Waals surface area contributed by atoms with E-state index in [1.165, 1.54) is 6.07 Å². The monoisotopic (exact) mass is 209 g/mol. The lowest BCUT2D eigenvalue weighted by Gasteiger charge is -2.33. The zero-order valence-corrected chi connectivity index (χ0v) is 8.42. The van der Waals surface area contributed by atoms with Gasteiger partial charge in [-0.3, -0.25) is 0 Å². The number of hydrogen-bond donors (Lipinski definition) is 1. The molecule has 0 aliphatic carbocycles. The van der Waals surface area contributed by atoms with Gasteiger partial charge in [-0.05, 0) is 18.6 Å². The van der Waals surface area contributed by atoms with E-state index in [-0.39, 0.29) is 12.1 Å². The molecule has 0 spiro atoms. The van der Waals surface area contributed by atoms with Gasteiger partial charge in [0.1, 0.15) is 11.4 Å². The molecule has 80 valence electrons. The molecule has 0 bridgehead atoms. The molecule has 0 saturated carbocycles. The highest BCUT2D eigenvalue weighted by atomic mass is 19.1. The number of halogens is 1. The Morgan fingerprint density at radius 3 is 3.00 bits per heavy atom. The van der Waals surface area contributed by atoms with E-state index in [2.05, 4.69) is 0 Å². The predicted octanol–water partition coefficient (Wildman–Crippen LogP) is 1.26. The molecule has 1 aromatic carbocycles. The summed E-state index contributed by atoms with van der Waals surface area (Å²) in [6.45, 7) is 1.98. The van der Waals surface area contributed by atoms with Gasteiger partial charge in [-0.15, -0.1) is 0 Å². The van der Waals surface area contributed by atoms with Crippen molar-refractivity contribution in [3.8, 4) is 0 Å². The Balaban J connectivity index is 2.50. The van der Waals surface area contributed by atoms with Gasteiger partial charge in [-0.1, -0.05) is 12.1 Å². The van der Waals surface area contributed by atoms with Crippen molar-refractivity contribution in [1.29, 1.82) is 0 Å². The van der Waals surface area contributed by atoms with Gasteiger partial charge in [0.25, 0.3) is 0 Å². The second-order valence-electron chi connectivity index (χ2n) is 3.99. The Kier molecular flexibility index (Phi) is 2.23. The molecule has 1 aliphatic heterocycles. The van der Waals surface area contributed by atoms with Crippen LogP contribution in [0.2, 0.25) is 0 Å². The molecule has 1 aromatic rings. The third-order valence-electron chi connectivity index (χ3n) is 2.64. The molecule has 4 heteroatoms. The highest BCUT2D eigenvalue weighted by Crippen LogP contribution is 2.28. The number of esters is 1. The van der Waals surface area contributed by atoms with Crippen LogP contribution in [0.4, 0.5) is 4.39 Å². The summed E-state index contributed by atoms with van der Waals surface area (Å²) in [6, 6.07) is 4.57. The minimum Gasteiger partial charge on any atom is -0.454 e. The van der Waals surface area contributed by atoms with Crippen LogP contribution in [0, 0.1) is 5.82 Å². The third kappa shape index (κ3) is 1.61. The molecule has 0 aromatic heterocycles. The summed E-state index contributed by atoms with van der Waals surface area (Å²) >= 11 is 0. The van der Waals surface area contributed by atoms with Crippen molar-refractivity contribution in [2.24, 2.45) is 5.73 Å². The molecule has 1 atom stereocenters. The lowest BCUT2D eigenvalue weighted by molar-refractivity contribution is -0.0117. The zero-order chi connectivity index (χ0) is 11.1. The van der Waals surface area contributed by atoms with E-state index in [9.17, 15) is 9.18 Å². The van der Waals surface area contributed by atoms with Crippen molar-refractivity contribution in [3.63, 3.8) is 0 Å². The van der Waals surface area contributed by atoms with Crippen molar-refractivity contribution in [1.82, 2.24) is 0 Å². The van der Waals surface area contributed by atoms with E-state index in [0.29, 0.717) is 12.0 Å².